The van der Waals surface area contributed by atoms with E-state index in [0.717, 1.165) is 11.3 Å². The Morgan fingerprint density at radius 2 is 1.64 bits per heavy atom. The molecule has 1 fully saturated rings. The fraction of sp³-hybridized carbons (Fsp3) is 0.300. The number of carbonyl (C=O) groups excluding carboxylic acids is 2. The number of hydrogen-bond donors (Lipinski definition) is 2. The van der Waals surface area contributed by atoms with Crippen molar-refractivity contribution < 1.29 is 14.3 Å². The third kappa shape index (κ3) is 3.82. The second kappa shape index (κ2) is 6.97. The highest BCUT2D eigenvalue weighted by Gasteiger charge is 2.56. The largest absolute Gasteiger partial charge is 0.494 e. The standard InChI is InChI=1S/C20H22N2O3/c1-3-25-17-9-7-15(8-10-17)21-18(23)20(11-12-20)19(24)22-16-6-4-5-14(2)13-16/h4-10,13H,3,11-12H2,1-2H3,(H,21,23)(H,22,24). The van der Waals surface area contributed by atoms with Crippen LogP contribution < -0.4 is 15.4 Å². The molecule has 130 valence electrons. The molecular weight excluding hydrogens is 316 g/mol. The summed E-state index contributed by atoms with van der Waals surface area (Å²) in [7, 11) is 0. The van der Waals surface area contributed by atoms with Gasteiger partial charge in [-0.3, -0.25) is 9.59 Å². The van der Waals surface area contributed by atoms with E-state index in [4.69, 9.17) is 4.74 Å². The Morgan fingerprint density at radius 1 is 1.00 bits per heavy atom. The van der Waals surface area contributed by atoms with Crippen molar-refractivity contribution >= 4 is 23.2 Å². The molecule has 0 heterocycles. The van der Waals surface area contributed by atoms with Crippen LogP contribution in [-0.2, 0) is 9.59 Å². The van der Waals surface area contributed by atoms with Crippen molar-refractivity contribution in [2.24, 2.45) is 5.41 Å². The lowest BCUT2D eigenvalue weighted by atomic mass is 10.0. The normalized spacial score (nSPS) is 14.5. The first-order valence-corrected chi connectivity index (χ1v) is 8.46. The maximum atomic E-state index is 12.6. The van der Waals surface area contributed by atoms with Gasteiger partial charge in [0.2, 0.25) is 11.8 Å². The quantitative estimate of drug-likeness (QED) is 0.788. The summed E-state index contributed by atoms with van der Waals surface area (Å²) in [5.74, 6) is 0.238. The molecule has 3 rings (SSSR count). The van der Waals surface area contributed by atoms with E-state index in [1.165, 1.54) is 0 Å². The molecule has 0 radical (unpaired) electrons. The molecular formula is C20H22N2O3. The molecule has 0 spiro atoms. The van der Waals surface area contributed by atoms with Gasteiger partial charge in [-0.2, -0.15) is 0 Å². The van der Waals surface area contributed by atoms with Crippen LogP contribution in [0.25, 0.3) is 0 Å². The van der Waals surface area contributed by atoms with Crippen LogP contribution >= 0.6 is 0 Å². The Bertz CT molecular complexity index is 780. The van der Waals surface area contributed by atoms with Crippen molar-refractivity contribution in [2.45, 2.75) is 26.7 Å². The fourth-order valence-electron chi connectivity index (χ4n) is 2.71. The number of rotatable bonds is 6. The highest BCUT2D eigenvalue weighted by atomic mass is 16.5. The first kappa shape index (κ1) is 17.0. The van der Waals surface area contributed by atoms with Crippen LogP contribution in [0.1, 0.15) is 25.3 Å². The van der Waals surface area contributed by atoms with Crippen molar-refractivity contribution in [2.75, 3.05) is 17.2 Å². The number of amides is 2. The molecule has 0 aromatic heterocycles. The molecule has 2 aromatic rings. The number of benzene rings is 2. The van der Waals surface area contributed by atoms with Crippen LogP contribution in [0, 0.1) is 12.3 Å². The van der Waals surface area contributed by atoms with Gasteiger partial charge in [-0.15, -0.1) is 0 Å². The van der Waals surface area contributed by atoms with Gasteiger partial charge in [-0.05, 0) is 68.7 Å². The van der Waals surface area contributed by atoms with Crippen LogP contribution in [0.5, 0.6) is 5.75 Å². The van der Waals surface area contributed by atoms with Crippen molar-refractivity contribution in [1.82, 2.24) is 0 Å². The average molecular weight is 338 g/mol. The summed E-state index contributed by atoms with van der Waals surface area (Å²) in [5, 5.41) is 5.70. The second-order valence-electron chi connectivity index (χ2n) is 6.32. The van der Waals surface area contributed by atoms with Crippen LogP contribution in [-0.4, -0.2) is 18.4 Å². The molecule has 1 aliphatic carbocycles. The fourth-order valence-corrected chi connectivity index (χ4v) is 2.71. The van der Waals surface area contributed by atoms with E-state index in [1.54, 1.807) is 24.3 Å². The summed E-state index contributed by atoms with van der Waals surface area (Å²) in [6.45, 7) is 4.47. The second-order valence-corrected chi connectivity index (χ2v) is 6.32. The minimum Gasteiger partial charge on any atom is -0.494 e. The molecule has 0 saturated heterocycles. The third-order valence-electron chi connectivity index (χ3n) is 4.32. The van der Waals surface area contributed by atoms with Gasteiger partial charge in [-0.1, -0.05) is 12.1 Å². The van der Waals surface area contributed by atoms with Crippen LogP contribution in [0.4, 0.5) is 11.4 Å². The molecule has 0 bridgehead atoms. The highest BCUT2D eigenvalue weighted by molar-refractivity contribution is 6.16. The van der Waals surface area contributed by atoms with Gasteiger partial charge in [0.25, 0.3) is 0 Å². The van der Waals surface area contributed by atoms with Gasteiger partial charge in [0.15, 0.2) is 0 Å². The molecule has 2 N–H and O–H groups in total. The Morgan fingerprint density at radius 3 is 2.20 bits per heavy atom. The number of anilines is 2. The van der Waals surface area contributed by atoms with Crippen molar-refractivity contribution in [3.63, 3.8) is 0 Å². The molecule has 2 aromatic carbocycles. The zero-order chi connectivity index (χ0) is 17.9. The first-order chi connectivity index (χ1) is 12.0. The SMILES string of the molecule is CCOc1ccc(NC(=O)C2(C(=O)Nc3cccc(C)c3)CC2)cc1. The van der Waals surface area contributed by atoms with E-state index in [-0.39, 0.29) is 11.8 Å². The number of aryl methyl sites for hydroxylation is 1. The molecule has 0 aliphatic heterocycles. The van der Waals surface area contributed by atoms with E-state index in [9.17, 15) is 9.59 Å². The van der Waals surface area contributed by atoms with Gasteiger partial charge < -0.3 is 15.4 Å². The summed E-state index contributed by atoms with van der Waals surface area (Å²) in [5.41, 5.74) is 1.46. The molecule has 1 saturated carbocycles. The summed E-state index contributed by atoms with van der Waals surface area (Å²) in [6.07, 6.45) is 1.13. The summed E-state index contributed by atoms with van der Waals surface area (Å²) >= 11 is 0. The molecule has 0 atom stereocenters. The third-order valence-corrected chi connectivity index (χ3v) is 4.32. The number of carbonyl (C=O) groups is 2. The summed E-state index contributed by atoms with van der Waals surface area (Å²) in [6, 6.07) is 14.7. The Hall–Kier alpha value is -2.82. The Kier molecular flexibility index (Phi) is 4.74. The molecule has 2 amide bonds. The van der Waals surface area contributed by atoms with E-state index in [0.29, 0.717) is 30.8 Å². The number of nitrogens with one attached hydrogen (secondary N) is 2. The van der Waals surface area contributed by atoms with Gasteiger partial charge in [-0.25, -0.2) is 0 Å². The minimum atomic E-state index is -0.970. The molecule has 25 heavy (non-hydrogen) atoms. The Labute approximate surface area is 147 Å². The Balaban J connectivity index is 1.65. The van der Waals surface area contributed by atoms with E-state index in [2.05, 4.69) is 10.6 Å². The molecule has 1 aliphatic rings. The minimum absolute atomic E-state index is 0.249. The lowest BCUT2D eigenvalue weighted by Gasteiger charge is -2.16. The number of ether oxygens (including phenoxy) is 1. The van der Waals surface area contributed by atoms with Crippen molar-refractivity contribution in [3.05, 3.63) is 54.1 Å². The van der Waals surface area contributed by atoms with Crippen LogP contribution in [0.2, 0.25) is 0 Å². The number of hydrogen-bond acceptors (Lipinski definition) is 3. The zero-order valence-corrected chi connectivity index (χ0v) is 14.5. The van der Waals surface area contributed by atoms with Crippen molar-refractivity contribution in [3.8, 4) is 5.75 Å². The van der Waals surface area contributed by atoms with Crippen LogP contribution in [0.15, 0.2) is 48.5 Å². The maximum absolute atomic E-state index is 12.6. The van der Waals surface area contributed by atoms with E-state index >= 15 is 0 Å². The van der Waals surface area contributed by atoms with E-state index < -0.39 is 5.41 Å². The predicted octanol–water partition coefficient (Wildman–Crippen LogP) is 3.75. The first-order valence-electron chi connectivity index (χ1n) is 8.46. The smallest absolute Gasteiger partial charge is 0.240 e. The maximum Gasteiger partial charge on any atom is 0.240 e. The lowest BCUT2D eigenvalue weighted by molar-refractivity contribution is -0.131. The molecule has 5 heteroatoms. The lowest BCUT2D eigenvalue weighted by Crippen LogP contribution is -2.35. The summed E-state index contributed by atoms with van der Waals surface area (Å²) < 4.78 is 5.38. The average Bonchev–Trinajstić information content (AvgIpc) is 3.39. The highest BCUT2D eigenvalue weighted by Crippen LogP contribution is 2.47. The monoisotopic (exact) mass is 338 g/mol. The zero-order valence-electron chi connectivity index (χ0n) is 14.5. The predicted molar refractivity (Wildman–Crippen MR) is 97.7 cm³/mol. The van der Waals surface area contributed by atoms with Gasteiger partial charge in [0.1, 0.15) is 11.2 Å². The molecule has 0 unspecified atom stereocenters. The topological polar surface area (TPSA) is 67.4 Å². The van der Waals surface area contributed by atoms with Gasteiger partial charge >= 0.3 is 0 Å². The molecule has 5 nitrogen and oxygen atoms in total. The van der Waals surface area contributed by atoms with Crippen LogP contribution in [0.3, 0.4) is 0 Å². The van der Waals surface area contributed by atoms with Gasteiger partial charge in [0, 0.05) is 11.4 Å². The summed E-state index contributed by atoms with van der Waals surface area (Å²) in [4.78, 5) is 25.2. The van der Waals surface area contributed by atoms with Crippen molar-refractivity contribution in [1.29, 1.82) is 0 Å². The van der Waals surface area contributed by atoms with Gasteiger partial charge in [0.05, 0.1) is 6.61 Å². The van der Waals surface area contributed by atoms with E-state index in [1.807, 2.05) is 38.1 Å².